The van der Waals surface area contributed by atoms with Gasteiger partial charge in [-0.25, -0.2) is 8.78 Å². The molecule has 42 valence electrons. The average molecular weight is 107 g/mol. The number of nitrogens with two attached hydrogens (primary N) is 1. The van der Waals surface area contributed by atoms with Crippen LogP contribution in [0.25, 0.3) is 0 Å². The molecule has 2 N–H and O–H groups in total. The fourth-order valence-corrected chi connectivity index (χ4v) is 0.463. The molecule has 0 radical (unpaired) electrons. The maximum atomic E-state index is 12.1. The molecule has 0 aromatic heterocycles. The summed E-state index contributed by atoms with van der Waals surface area (Å²) in [5, 5.41) is 0. The Labute approximate surface area is 40.5 Å². The van der Waals surface area contributed by atoms with E-state index in [4.69, 9.17) is 5.73 Å². The summed E-state index contributed by atoms with van der Waals surface area (Å²) in [6.07, 6.45) is -1.42. The SMILES string of the molecule is CC1(F)C(N)C1F. The van der Waals surface area contributed by atoms with Crippen molar-refractivity contribution >= 4 is 0 Å². The van der Waals surface area contributed by atoms with Crippen LogP contribution in [-0.2, 0) is 0 Å². The van der Waals surface area contributed by atoms with Crippen molar-refractivity contribution in [2.45, 2.75) is 24.8 Å². The molecule has 0 heterocycles. The van der Waals surface area contributed by atoms with Crippen LogP contribution < -0.4 is 5.73 Å². The largest absolute Gasteiger partial charge is 0.322 e. The maximum Gasteiger partial charge on any atom is 0.158 e. The van der Waals surface area contributed by atoms with Crippen LogP contribution in [0.2, 0.25) is 0 Å². The molecule has 0 saturated heterocycles. The molecule has 3 atom stereocenters. The van der Waals surface area contributed by atoms with Gasteiger partial charge in [0.25, 0.3) is 0 Å². The number of alkyl halides is 2. The molecular weight excluding hydrogens is 100 g/mol. The summed E-state index contributed by atoms with van der Waals surface area (Å²) in [6.45, 7) is 1.17. The highest BCUT2D eigenvalue weighted by Gasteiger charge is 2.62. The van der Waals surface area contributed by atoms with Crippen molar-refractivity contribution in [1.29, 1.82) is 0 Å². The van der Waals surface area contributed by atoms with E-state index >= 15 is 0 Å². The minimum atomic E-state index is -1.72. The zero-order chi connectivity index (χ0) is 5.65. The van der Waals surface area contributed by atoms with E-state index in [1.165, 1.54) is 6.92 Å². The lowest BCUT2D eigenvalue weighted by Gasteiger charge is -1.86. The predicted molar refractivity (Wildman–Crippen MR) is 22.4 cm³/mol. The molecule has 1 nitrogen and oxygen atoms in total. The molecule has 0 amide bonds. The van der Waals surface area contributed by atoms with E-state index < -0.39 is 17.9 Å². The van der Waals surface area contributed by atoms with Gasteiger partial charge in [-0.2, -0.15) is 0 Å². The van der Waals surface area contributed by atoms with Crippen molar-refractivity contribution in [2.24, 2.45) is 5.73 Å². The van der Waals surface area contributed by atoms with E-state index in [1.54, 1.807) is 0 Å². The van der Waals surface area contributed by atoms with Gasteiger partial charge in [-0.05, 0) is 6.92 Å². The summed E-state index contributed by atoms with van der Waals surface area (Å²) in [6, 6.07) is -0.868. The lowest BCUT2D eigenvalue weighted by Crippen LogP contribution is -2.09. The molecule has 1 rings (SSSR count). The second-order valence-corrected chi connectivity index (χ2v) is 2.08. The Hall–Kier alpha value is -0.180. The van der Waals surface area contributed by atoms with Crippen molar-refractivity contribution in [3.8, 4) is 0 Å². The van der Waals surface area contributed by atoms with Crippen LogP contribution in [-0.4, -0.2) is 17.9 Å². The van der Waals surface area contributed by atoms with Gasteiger partial charge < -0.3 is 5.73 Å². The van der Waals surface area contributed by atoms with Gasteiger partial charge in [0.15, 0.2) is 11.8 Å². The zero-order valence-electron chi connectivity index (χ0n) is 3.99. The minimum Gasteiger partial charge on any atom is -0.322 e. The Balaban J connectivity index is 2.52. The molecule has 0 aromatic carbocycles. The normalized spacial score (nSPS) is 60.0. The predicted octanol–water partition coefficient (Wildman–Crippen LogP) is 0.394. The van der Waals surface area contributed by atoms with Gasteiger partial charge in [0, 0.05) is 0 Å². The van der Waals surface area contributed by atoms with Crippen LogP contribution in [0, 0.1) is 0 Å². The number of halogens is 2. The minimum absolute atomic E-state index is 0.868. The molecule has 1 aliphatic carbocycles. The van der Waals surface area contributed by atoms with Gasteiger partial charge in [0.1, 0.15) is 0 Å². The Morgan fingerprint density at radius 2 is 1.86 bits per heavy atom. The van der Waals surface area contributed by atoms with Crippen LogP contribution in [0.1, 0.15) is 6.92 Å². The molecule has 0 aromatic rings. The first kappa shape index (κ1) is 4.97. The first-order valence-corrected chi connectivity index (χ1v) is 2.15. The maximum absolute atomic E-state index is 12.1. The molecule has 3 unspecified atom stereocenters. The summed E-state index contributed by atoms with van der Waals surface area (Å²) in [7, 11) is 0. The van der Waals surface area contributed by atoms with Crippen molar-refractivity contribution in [3.63, 3.8) is 0 Å². The second kappa shape index (κ2) is 0.968. The van der Waals surface area contributed by atoms with Crippen LogP contribution in [0.4, 0.5) is 8.78 Å². The molecule has 7 heavy (non-hydrogen) atoms. The summed E-state index contributed by atoms with van der Waals surface area (Å²) in [5.74, 6) is 0. The third-order valence-corrected chi connectivity index (χ3v) is 1.40. The fraction of sp³-hybridized carbons (Fsp3) is 1.00. The Morgan fingerprint density at radius 3 is 1.86 bits per heavy atom. The standard InChI is InChI=1S/C4H7F2N/c1-4(6)2(5)3(4)7/h2-3H,7H2,1H3. The summed E-state index contributed by atoms with van der Waals surface area (Å²) >= 11 is 0. The Morgan fingerprint density at radius 1 is 1.71 bits per heavy atom. The zero-order valence-corrected chi connectivity index (χ0v) is 3.99. The molecule has 0 bridgehead atoms. The highest BCUT2D eigenvalue weighted by molar-refractivity contribution is 5.15. The Bertz CT molecular complexity index is 81.7. The van der Waals surface area contributed by atoms with Gasteiger partial charge in [-0.1, -0.05) is 0 Å². The highest BCUT2D eigenvalue weighted by atomic mass is 19.2. The van der Waals surface area contributed by atoms with Gasteiger partial charge in [0.05, 0.1) is 6.04 Å². The van der Waals surface area contributed by atoms with E-state index in [0.717, 1.165) is 0 Å². The monoisotopic (exact) mass is 107 g/mol. The van der Waals surface area contributed by atoms with E-state index in [0.29, 0.717) is 0 Å². The van der Waals surface area contributed by atoms with E-state index in [1.807, 2.05) is 0 Å². The van der Waals surface area contributed by atoms with Gasteiger partial charge >= 0.3 is 0 Å². The van der Waals surface area contributed by atoms with Crippen molar-refractivity contribution in [3.05, 3.63) is 0 Å². The third-order valence-electron chi connectivity index (χ3n) is 1.40. The van der Waals surface area contributed by atoms with Crippen LogP contribution in [0.15, 0.2) is 0 Å². The lowest BCUT2D eigenvalue weighted by molar-refractivity contribution is 0.269. The summed E-state index contributed by atoms with van der Waals surface area (Å²) in [4.78, 5) is 0. The molecule has 1 fully saturated rings. The summed E-state index contributed by atoms with van der Waals surface area (Å²) in [5.41, 5.74) is 3.17. The quantitative estimate of drug-likeness (QED) is 0.476. The smallest absolute Gasteiger partial charge is 0.158 e. The topological polar surface area (TPSA) is 26.0 Å². The molecule has 0 spiro atoms. The second-order valence-electron chi connectivity index (χ2n) is 2.08. The van der Waals surface area contributed by atoms with E-state index in [2.05, 4.69) is 0 Å². The van der Waals surface area contributed by atoms with E-state index in [9.17, 15) is 8.78 Å². The van der Waals surface area contributed by atoms with Crippen molar-refractivity contribution in [1.82, 2.24) is 0 Å². The molecule has 1 aliphatic rings. The first-order valence-electron chi connectivity index (χ1n) is 2.15. The van der Waals surface area contributed by atoms with Crippen LogP contribution in [0.3, 0.4) is 0 Å². The number of hydrogen-bond donors (Lipinski definition) is 1. The highest BCUT2D eigenvalue weighted by Crippen LogP contribution is 2.40. The van der Waals surface area contributed by atoms with E-state index in [-0.39, 0.29) is 0 Å². The fourth-order valence-electron chi connectivity index (χ4n) is 0.463. The first-order chi connectivity index (χ1) is 3.07. The van der Waals surface area contributed by atoms with Crippen LogP contribution >= 0.6 is 0 Å². The molecule has 0 aliphatic heterocycles. The van der Waals surface area contributed by atoms with Crippen molar-refractivity contribution < 1.29 is 8.78 Å². The third kappa shape index (κ3) is 0.445. The van der Waals surface area contributed by atoms with Crippen LogP contribution in [0.5, 0.6) is 0 Å². The molecular formula is C4H7F2N. The Kier molecular flexibility index (Phi) is 0.687. The number of hydrogen-bond acceptors (Lipinski definition) is 1. The van der Waals surface area contributed by atoms with Crippen molar-refractivity contribution in [2.75, 3.05) is 0 Å². The summed E-state index contributed by atoms with van der Waals surface area (Å²) < 4.78 is 23.9. The van der Waals surface area contributed by atoms with Gasteiger partial charge in [-0.3, -0.25) is 0 Å². The lowest BCUT2D eigenvalue weighted by atomic mass is 10.4. The molecule has 1 saturated carbocycles. The van der Waals surface area contributed by atoms with Gasteiger partial charge in [-0.15, -0.1) is 0 Å². The average Bonchev–Trinajstić information content (AvgIpc) is 1.91. The number of rotatable bonds is 0. The van der Waals surface area contributed by atoms with Gasteiger partial charge in [0.2, 0.25) is 0 Å². The molecule has 3 heteroatoms.